The number of amides is 2. The van der Waals surface area contributed by atoms with E-state index in [0.29, 0.717) is 13.2 Å². The van der Waals surface area contributed by atoms with Gasteiger partial charge in [-0.15, -0.1) is 0 Å². The Hall–Kier alpha value is -2.08. The highest BCUT2D eigenvalue weighted by Crippen LogP contribution is 2.13. The molecule has 0 saturated carbocycles. The topological polar surface area (TPSA) is 67.9 Å². The number of alkyl carbamates (subject to hydrolysis) is 1. The lowest BCUT2D eigenvalue weighted by Gasteiger charge is -2.16. The molecule has 0 unspecified atom stereocenters. The van der Waals surface area contributed by atoms with E-state index in [1.54, 1.807) is 11.9 Å². The van der Waals surface area contributed by atoms with Gasteiger partial charge in [0.1, 0.15) is 5.75 Å². The van der Waals surface area contributed by atoms with Crippen molar-refractivity contribution < 1.29 is 19.1 Å². The molecule has 1 aromatic rings. The van der Waals surface area contributed by atoms with Crippen LogP contribution in [0.3, 0.4) is 0 Å². The van der Waals surface area contributed by atoms with Crippen LogP contribution in [0.15, 0.2) is 24.3 Å². The maximum Gasteiger partial charge on any atom is 0.413 e. The van der Waals surface area contributed by atoms with Gasteiger partial charge in [0.2, 0.25) is 5.91 Å². The number of carbonyl (C=O) groups is 2. The predicted octanol–water partition coefficient (Wildman–Crippen LogP) is 1.40. The molecule has 0 aliphatic rings. The molecule has 110 valence electrons. The molecule has 0 radical (unpaired) electrons. The minimum absolute atomic E-state index is 0.113. The zero-order valence-electron chi connectivity index (χ0n) is 12.0. The van der Waals surface area contributed by atoms with E-state index in [1.807, 2.05) is 31.2 Å². The van der Waals surface area contributed by atoms with Gasteiger partial charge in [-0.25, -0.2) is 4.79 Å². The van der Waals surface area contributed by atoms with Crippen LogP contribution in [-0.2, 0) is 16.1 Å². The molecule has 2 amide bonds. The second-order valence-corrected chi connectivity index (χ2v) is 4.29. The summed E-state index contributed by atoms with van der Waals surface area (Å²) in [7, 11) is 3.01. The highest BCUT2D eigenvalue weighted by atomic mass is 16.5. The SMILES string of the molecule is CCOc1ccc(CN(C)CC(=O)NC(=O)OC)cc1. The molecule has 20 heavy (non-hydrogen) atoms. The summed E-state index contributed by atoms with van der Waals surface area (Å²) in [5.41, 5.74) is 1.06. The van der Waals surface area contributed by atoms with E-state index in [0.717, 1.165) is 11.3 Å². The van der Waals surface area contributed by atoms with Crippen LogP contribution in [0, 0.1) is 0 Å². The number of methoxy groups -OCH3 is 1. The van der Waals surface area contributed by atoms with E-state index in [2.05, 4.69) is 10.1 Å². The van der Waals surface area contributed by atoms with Crippen molar-refractivity contribution in [3.05, 3.63) is 29.8 Å². The molecule has 1 aromatic carbocycles. The maximum absolute atomic E-state index is 11.5. The molecular formula is C14H20N2O4. The van der Waals surface area contributed by atoms with Crippen molar-refractivity contribution in [2.45, 2.75) is 13.5 Å². The third-order valence-electron chi connectivity index (χ3n) is 2.53. The minimum atomic E-state index is -0.746. The van der Waals surface area contributed by atoms with Gasteiger partial charge in [-0.2, -0.15) is 0 Å². The van der Waals surface area contributed by atoms with Crippen molar-refractivity contribution in [3.63, 3.8) is 0 Å². The average Bonchev–Trinajstić information content (AvgIpc) is 2.40. The Kier molecular flexibility index (Phi) is 6.52. The Morgan fingerprint density at radius 3 is 2.45 bits per heavy atom. The normalized spacial score (nSPS) is 10.2. The summed E-state index contributed by atoms with van der Waals surface area (Å²) in [6.07, 6.45) is -0.746. The van der Waals surface area contributed by atoms with Crippen LogP contribution >= 0.6 is 0 Å². The summed E-state index contributed by atoms with van der Waals surface area (Å²) in [6.45, 7) is 3.28. The highest BCUT2D eigenvalue weighted by molar-refractivity contribution is 5.92. The predicted molar refractivity (Wildman–Crippen MR) is 74.5 cm³/mol. The average molecular weight is 280 g/mol. The first kappa shape index (κ1) is 16.0. The monoisotopic (exact) mass is 280 g/mol. The zero-order valence-corrected chi connectivity index (χ0v) is 12.0. The molecule has 1 rings (SSSR count). The zero-order chi connectivity index (χ0) is 15.0. The number of likely N-dealkylation sites (N-methyl/N-ethyl adjacent to an activating group) is 1. The van der Waals surface area contributed by atoms with Crippen LogP contribution in [0.2, 0.25) is 0 Å². The van der Waals surface area contributed by atoms with Gasteiger partial charge in [0.05, 0.1) is 20.3 Å². The standard InChI is InChI=1S/C14H20N2O4/c1-4-20-12-7-5-11(6-8-12)9-16(2)10-13(17)15-14(18)19-3/h5-8H,4,9-10H2,1-3H3,(H,15,17,18). The number of carbonyl (C=O) groups excluding carboxylic acids is 2. The number of benzene rings is 1. The fourth-order valence-electron chi connectivity index (χ4n) is 1.67. The van der Waals surface area contributed by atoms with E-state index in [-0.39, 0.29) is 6.54 Å². The Morgan fingerprint density at radius 2 is 1.90 bits per heavy atom. The lowest BCUT2D eigenvalue weighted by molar-refractivity contribution is -0.121. The Bertz CT molecular complexity index is 445. The summed E-state index contributed by atoms with van der Waals surface area (Å²) >= 11 is 0. The Morgan fingerprint density at radius 1 is 1.25 bits per heavy atom. The third kappa shape index (κ3) is 5.71. The van der Waals surface area contributed by atoms with Crippen molar-refractivity contribution in [1.82, 2.24) is 10.2 Å². The number of nitrogens with zero attached hydrogens (tertiary/aromatic N) is 1. The van der Waals surface area contributed by atoms with Gasteiger partial charge in [0.25, 0.3) is 0 Å². The highest BCUT2D eigenvalue weighted by Gasteiger charge is 2.10. The van der Waals surface area contributed by atoms with Gasteiger partial charge in [-0.05, 0) is 31.7 Å². The number of imide groups is 1. The quantitative estimate of drug-likeness (QED) is 0.853. The van der Waals surface area contributed by atoms with Gasteiger partial charge >= 0.3 is 6.09 Å². The largest absolute Gasteiger partial charge is 0.494 e. The van der Waals surface area contributed by atoms with E-state index < -0.39 is 12.0 Å². The van der Waals surface area contributed by atoms with Gasteiger partial charge < -0.3 is 9.47 Å². The molecule has 1 N–H and O–H groups in total. The molecule has 0 fully saturated rings. The van der Waals surface area contributed by atoms with E-state index >= 15 is 0 Å². The van der Waals surface area contributed by atoms with E-state index in [9.17, 15) is 9.59 Å². The molecule has 6 nitrogen and oxygen atoms in total. The maximum atomic E-state index is 11.5. The first-order valence-electron chi connectivity index (χ1n) is 6.33. The van der Waals surface area contributed by atoms with Crippen LogP contribution in [0.5, 0.6) is 5.75 Å². The van der Waals surface area contributed by atoms with Crippen LogP contribution in [0.1, 0.15) is 12.5 Å². The van der Waals surface area contributed by atoms with Crippen LogP contribution in [0.25, 0.3) is 0 Å². The second-order valence-electron chi connectivity index (χ2n) is 4.29. The summed E-state index contributed by atoms with van der Waals surface area (Å²) < 4.78 is 9.71. The number of rotatable bonds is 6. The molecule has 0 aliphatic heterocycles. The van der Waals surface area contributed by atoms with Crippen LogP contribution < -0.4 is 10.1 Å². The number of nitrogens with one attached hydrogen (secondary N) is 1. The van der Waals surface area contributed by atoms with Gasteiger partial charge in [-0.1, -0.05) is 12.1 Å². The molecule has 0 atom stereocenters. The van der Waals surface area contributed by atoms with E-state index in [1.165, 1.54) is 7.11 Å². The number of hydrogen-bond acceptors (Lipinski definition) is 5. The van der Waals surface area contributed by atoms with Crippen molar-refractivity contribution >= 4 is 12.0 Å². The smallest absolute Gasteiger partial charge is 0.413 e. The summed E-state index contributed by atoms with van der Waals surface area (Å²) in [6, 6.07) is 7.67. The fourth-order valence-corrected chi connectivity index (χ4v) is 1.67. The van der Waals surface area contributed by atoms with Gasteiger partial charge in [-0.3, -0.25) is 15.0 Å². The Labute approximate surface area is 118 Å². The fraction of sp³-hybridized carbons (Fsp3) is 0.429. The van der Waals surface area contributed by atoms with E-state index in [4.69, 9.17) is 4.74 Å². The number of ether oxygens (including phenoxy) is 2. The van der Waals surface area contributed by atoms with Crippen molar-refractivity contribution in [2.75, 3.05) is 27.3 Å². The second kappa shape index (κ2) is 8.16. The molecule has 0 spiro atoms. The van der Waals surface area contributed by atoms with Gasteiger partial charge in [0, 0.05) is 6.54 Å². The van der Waals surface area contributed by atoms with Crippen molar-refractivity contribution in [2.24, 2.45) is 0 Å². The minimum Gasteiger partial charge on any atom is -0.494 e. The van der Waals surface area contributed by atoms with Gasteiger partial charge in [0.15, 0.2) is 0 Å². The first-order valence-corrected chi connectivity index (χ1v) is 6.33. The summed E-state index contributed by atoms with van der Waals surface area (Å²) in [5.74, 6) is 0.424. The lowest BCUT2D eigenvalue weighted by Crippen LogP contribution is -2.38. The van der Waals surface area contributed by atoms with Crippen molar-refractivity contribution in [3.8, 4) is 5.75 Å². The summed E-state index contributed by atoms with van der Waals surface area (Å²) in [5, 5.41) is 2.11. The molecule has 0 heterocycles. The Balaban J connectivity index is 2.43. The molecular weight excluding hydrogens is 260 g/mol. The molecule has 0 saturated heterocycles. The molecule has 0 aromatic heterocycles. The molecule has 6 heteroatoms. The summed E-state index contributed by atoms with van der Waals surface area (Å²) in [4.78, 5) is 24.2. The molecule has 0 bridgehead atoms. The molecule has 0 aliphatic carbocycles. The lowest BCUT2D eigenvalue weighted by atomic mass is 10.2. The van der Waals surface area contributed by atoms with Crippen LogP contribution in [-0.4, -0.2) is 44.2 Å². The number of hydrogen-bond donors (Lipinski definition) is 1. The van der Waals surface area contributed by atoms with Crippen molar-refractivity contribution in [1.29, 1.82) is 0 Å². The first-order chi connectivity index (χ1) is 9.55. The van der Waals surface area contributed by atoms with Crippen LogP contribution in [0.4, 0.5) is 4.79 Å². The third-order valence-corrected chi connectivity index (χ3v) is 2.53.